The first-order chi connectivity index (χ1) is 16.4. The van der Waals surface area contributed by atoms with Crippen LogP contribution < -0.4 is 0 Å². The molecule has 0 aromatic carbocycles. The monoisotopic (exact) mass is 507 g/mol. The first-order valence-corrected chi connectivity index (χ1v) is 13.6. The van der Waals surface area contributed by atoms with Gasteiger partial charge in [0.1, 0.15) is 6.61 Å². The van der Waals surface area contributed by atoms with Crippen LogP contribution in [0.25, 0.3) is 0 Å². The van der Waals surface area contributed by atoms with Gasteiger partial charge in [0.25, 0.3) is 11.8 Å². The number of esters is 1. The number of rotatable bonds is 20. The normalized spacial score (nSPS) is 14.0. The van der Waals surface area contributed by atoms with Gasteiger partial charge >= 0.3 is 20.7 Å². The van der Waals surface area contributed by atoms with Crippen molar-refractivity contribution in [3.63, 3.8) is 0 Å². The summed E-state index contributed by atoms with van der Waals surface area (Å²) in [5, 5.41) is 0.443. The smallest absolute Gasteiger partial charge is 0.463 e. The Bertz CT molecular complexity index is 613. The lowest BCUT2D eigenvalue weighted by atomic mass is 10.3. The topological polar surface area (TPSA) is 136 Å². The summed E-state index contributed by atoms with van der Waals surface area (Å²) in [5.74, 6) is -2.60. The fraction of sp³-hybridized carbons (Fsp3) is 0.810. The van der Waals surface area contributed by atoms with Gasteiger partial charge in [-0.3, -0.25) is 14.4 Å². The summed E-state index contributed by atoms with van der Waals surface area (Å²) in [6.07, 6.45) is 0.236. The zero-order valence-corrected chi connectivity index (χ0v) is 21.3. The summed E-state index contributed by atoms with van der Waals surface area (Å²) in [7, 11) is -2.64. The van der Waals surface area contributed by atoms with Gasteiger partial charge in [-0.1, -0.05) is 0 Å². The number of hydroxylamine groups is 2. The van der Waals surface area contributed by atoms with Gasteiger partial charge in [0, 0.05) is 45.3 Å². The lowest BCUT2D eigenvalue weighted by Gasteiger charge is -2.28. The third kappa shape index (κ3) is 12.0. The fourth-order valence-corrected chi connectivity index (χ4v) is 5.59. The highest BCUT2D eigenvalue weighted by atomic mass is 28.4. The zero-order chi connectivity index (χ0) is 25.2. The number of ether oxygens (including phenoxy) is 3. The van der Waals surface area contributed by atoms with Gasteiger partial charge in [-0.05, 0) is 27.2 Å². The van der Waals surface area contributed by atoms with E-state index in [1.807, 2.05) is 20.8 Å². The van der Waals surface area contributed by atoms with Gasteiger partial charge in [0.2, 0.25) is 0 Å². The summed E-state index contributed by atoms with van der Waals surface area (Å²) in [5.41, 5.74) is 0. The third-order valence-electron chi connectivity index (χ3n) is 4.46. The van der Waals surface area contributed by atoms with E-state index in [0.717, 1.165) is 6.42 Å². The molecule has 1 aliphatic heterocycles. The van der Waals surface area contributed by atoms with Crippen LogP contribution in [0.5, 0.6) is 0 Å². The Labute approximate surface area is 201 Å². The maximum absolute atomic E-state index is 11.7. The predicted molar refractivity (Wildman–Crippen MR) is 119 cm³/mol. The van der Waals surface area contributed by atoms with Gasteiger partial charge in [-0.15, -0.1) is 5.06 Å². The Balaban J connectivity index is 2.02. The molecule has 0 aliphatic carbocycles. The highest BCUT2D eigenvalue weighted by Gasteiger charge is 2.39. The Kier molecular flexibility index (Phi) is 15.5. The summed E-state index contributed by atoms with van der Waals surface area (Å²) in [4.78, 5) is 50.7. The molecule has 1 fully saturated rings. The second-order valence-corrected chi connectivity index (χ2v) is 9.81. The van der Waals surface area contributed by atoms with Crippen LogP contribution in [0.3, 0.4) is 0 Å². The molecule has 1 aliphatic rings. The molecule has 0 N–H and O–H groups in total. The minimum absolute atomic E-state index is 0.0111. The number of nitrogens with zero attached hydrogens (tertiary/aromatic N) is 1. The lowest BCUT2D eigenvalue weighted by Crippen LogP contribution is -2.46. The van der Waals surface area contributed by atoms with E-state index in [1.165, 1.54) is 0 Å². The quantitative estimate of drug-likeness (QED) is 0.102. The van der Waals surface area contributed by atoms with E-state index in [1.54, 1.807) is 0 Å². The van der Waals surface area contributed by atoms with Crippen molar-refractivity contribution in [2.24, 2.45) is 0 Å². The fourth-order valence-electron chi connectivity index (χ4n) is 3.01. The molecule has 1 rings (SSSR count). The molecule has 0 bridgehead atoms. The number of imide groups is 1. The maximum atomic E-state index is 11.7. The molecule has 2 amide bonds. The Hall–Kier alpha value is -1.90. The predicted octanol–water partition coefficient (Wildman–Crippen LogP) is 1.39. The molecule has 0 saturated carbocycles. The van der Waals surface area contributed by atoms with Crippen molar-refractivity contribution in [3.8, 4) is 0 Å². The molecule has 34 heavy (non-hydrogen) atoms. The molecule has 12 nitrogen and oxygen atoms in total. The van der Waals surface area contributed by atoms with Crippen molar-refractivity contribution >= 4 is 32.6 Å². The SMILES string of the molecule is CCO[Si](CCCOCCOCCOC(=O)CCC(=O)ON1C(=O)CCC1=O)(OCC)OCC. The van der Waals surface area contributed by atoms with Crippen molar-refractivity contribution in [3.05, 3.63) is 0 Å². The minimum Gasteiger partial charge on any atom is -0.463 e. The summed E-state index contributed by atoms with van der Waals surface area (Å²) in [6, 6.07) is 0.678. The molecule has 13 heteroatoms. The average Bonchev–Trinajstić information content (AvgIpc) is 3.11. The van der Waals surface area contributed by atoms with Crippen LogP contribution in [0, 0.1) is 0 Å². The van der Waals surface area contributed by atoms with Crippen LogP contribution in [0.4, 0.5) is 0 Å². The van der Waals surface area contributed by atoms with Crippen LogP contribution in [-0.4, -0.2) is 90.5 Å². The minimum atomic E-state index is -2.64. The highest BCUT2D eigenvalue weighted by Crippen LogP contribution is 2.18. The van der Waals surface area contributed by atoms with Crippen molar-refractivity contribution in [1.29, 1.82) is 0 Å². The highest BCUT2D eigenvalue weighted by molar-refractivity contribution is 6.60. The van der Waals surface area contributed by atoms with Crippen LogP contribution >= 0.6 is 0 Å². The zero-order valence-electron chi connectivity index (χ0n) is 20.3. The number of amides is 2. The van der Waals surface area contributed by atoms with Gasteiger partial charge in [0.05, 0.1) is 32.7 Å². The molecule has 0 aromatic rings. The number of hydrogen-bond acceptors (Lipinski definition) is 11. The molecule has 0 radical (unpaired) electrons. The largest absolute Gasteiger partial charge is 0.501 e. The van der Waals surface area contributed by atoms with Crippen LogP contribution in [-0.2, 0) is 51.5 Å². The standard InChI is InChI=1S/C21H37NO11Si/c1-4-30-34(31-5-2,32-6-3)17-7-12-27-13-14-28-15-16-29-20(25)10-11-21(26)33-22-18(23)8-9-19(22)24/h4-17H2,1-3H3. The van der Waals surface area contributed by atoms with E-state index in [2.05, 4.69) is 4.84 Å². The first-order valence-electron chi connectivity index (χ1n) is 11.7. The number of carbonyl (C=O) groups is 4. The molecule has 0 aromatic heterocycles. The van der Waals surface area contributed by atoms with E-state index >= 15 is 0 Å². The van der Waals surface area contributed by atoms with Gasteiger partial charge in [0.15, 0.2) is 0 Å². The van der Waals surface area contributed by atoms with Gasteiger partial charge in [-0.25, -0.2) is 4.79 Å². The summed E-state index contributed by atoms with van der Waals surface area (Å²) in [6.45, 7) is 8.83. The van der Waals surface area contributed by atoms with E-state index in [0.29, 0.717) is 50.7 Å². The number of carbonyl (C=O) groups excluding carboxylic acids is 4. The molecule has 1 saturated heterocycles. The van der Waals surface area contributed by atoms with Crippen molar-refractivity contribution in [2.45, 2.75) is 58.9 Å². The Morgan fingerprint density at radius 2 is 1.26 bits per heavy atom. The summed E-state index contributed by atoms with van der Waals surface area (Å²) < 4.78 is 33.2. The maximum Gasteiger partial charge on any atom is 0.501 e. The Morgan fingerprint density at radius 1 is 0.765 bits per heavy atom. The summed E-state index contributed by atoms with van der Waals surface area (Å²) >= 11 is 0. The van der Waals surface area contributed by atoms with E-state index in [9.17, 15) is 19.2 Å². The lowest BCUT2D eigenvalue weighted by molar-refractivity contribution is -0.197. The molecular weight excluding hydrogens is 470 g/mol. The Morgan fingerprint density at radius 3 is 1.82 bits per heavy atom. The van der Waals surface area contributed by atoms with Gasteiger partial charge in [-0.2, -0.15) is 0 Å². The molecule has 0 spiro atoms. The number of hydrogen-bond donors (Lipinski definition) is 0. The van der Waals surface area contributed by atoms with Crippen LogP contribution in [0.15, 0.2) is 0 Å². The molecule has 1 heterocycles. The van der Waals surface area contributed by atoms with Crippen molar-refractivity contribution in [1.82, 2.24) is 5.06 Å². The van der Waals surface area contributed by atoms with Gasteiger partial charge < -0.3 is 32.3 Å². The van der Waals surface area contributed by atoms with Crippen molar-refractivity contribution < 1.29 is 51.5 Å². The molecule has 196 valence electrons. The molecule has 0 unspecified atom stereocenters. The third-order valence-corrected chi connectivity index (χ3v) is 7.61. The second-order valence-electron chi connectivity index (χ2n) is 7.08. The second kappa shape index (κ2) is 17.5. The van der Waals surface area contributed by atoms with Crippen LogP contribution in [0.1, 0.15) is 52.9 Å². The van der Waals surface area contributed by atoms with Crippen molar-refractivity contribution in [2.75, 3.05) is 52.9 Å². The molecule has 0 atom stereocenters. The molecular formula is C21H37NO11Si. The van der Waals surface area contributed by atoms with E-state index in [-0.39, 0.29) is 38.9 Å². The van der Waals surface area contributed by atoms with Crippen LogP contribution in [0.2, 0.25) is 6.04 Å². The first kappa shape index (κ1) is 30.1. The average molecular weight is 508 g/mol. The van der Waals surface area contributed by atoms with E-state index in [4.69, 9.17) is 27.5 Å². The van der Waals surface area contributed by atoms with E-state index < -0.39 is 32.6 Å².